The van der Waals surface area contributed by atoms with E-state index in [1.807, 2.05) is 6.92 Å². The summed E-state index contributed by atoms with van der Waals surface area (Å²) >= 11 is 0. The molecule has 0 radical (unpaired) electrons. The van der Waals surface area contributed by atoms with Crippen LogP contribution in [0.5, 0.6) is 0 Å². The van der Waals surface area contributed by atoms with Crippen LogP contribution in [0, 0.1) is 17.0 Å². The van der Waals surface area contributed by atoms with Gasteiger partial charge in [-0.25, -0.2) is 0 Å². The molecule has 0 saturated carbocycles. The van der Waals surface area contributed by atoms with Gasteiger partial charge in [-0.3, -0.25) is 19.9 Å². The first-order valence-electron chi connectivity index (χ1n) is 5.16. The first-order valence-corrected chi connectivity index (χ1v) is 5.16. The van der Waals surface area contributed by atoms with Crippen LogP contribution in [0.3, 0.4) is 0 Å². The smallest absolute Gasteiger partial charge is 0.275 e. The number of pyridine rings is 1. The summed E-state index contributed by atoms with van der Waals surface area (Å²) in [4.78, 5) is 25.6. The van der Waals surface area contributed by atoms with E-state index in [2.05, 4.69) is 4.98 Å². The Balaban J connectivity index is 2.87. The number of carbonyl (C=O) groups excluding carboxylic acids is 1. The number of carbonyl (C=O) groups is 1. The van der Waals surface area contributed by atoms with E-state index in [0.29, 0.717) is 17.7 Å². The van der Waals surface area contributed by atoms with Crippen LogP contribution in [0.2, 0.25) is 0 Å². The highest BCUT2D eigenvalue weighted by molar-refractivity contribution is 5.80. The molecule has 16 heavy (non-hydrogen) atoms. The molecule has 0 aliphatic heterocycles. The van der Waals surface area contributed by atoms with E-state index in [-0.39, 0.29) is 17.9 Å². The van der Waals surface area contributed by atoms with Crippen LogP contribution < -0.4 is 0 Å². The van der Waals surface area contributed by atoms with Crippen molar-refractivity contribution in [2.45, 2.75) is 33.1 Å². The summed E-state index contributed by atoms with van der Waals surface area (Å²) < 4.78 is 0. The van der Waals surface area contributed by atoms with E-state index in [1.54, 1.807) is 6.92 Å². The van der Waals surface area contributed by atoms with Gasteiger partial charge in [0.1, 0.15) is 5.78 Å². The molecule has 0 aliphatic rings. The van der Waals surface area contributed by atoms with Gasteiger partial charge in [0.25, 0.3) is 5.69 Å². The maximum atomic E-state index is 11.4. The topological polar surface area (TPSA) is 73.1 Å². The summed E-state index contributed by atoms with van der Waals surface area (Å²) in [5, 5.41) is 10.7. The van der Waals surface area contributed by atoms with Crippen LogP contribution in [-0.4, -0.2) is 15.7 Å². The van der Waals surface area contributed by atoms with Gasteiger partial charge in [0.05, 0.1) is 10.6 Å². The summed E-state index contributed by atoms with van der Waals surface area (Å²) in [6.07, 6.45) is 2.89. The second-order valence-electron chi connectivity index (χ2n) is 3.68. The molecule has 0 fully saturated rings. The maximum Gasteiger partial charge on any atom is 0.275 e. The molecule has 86 valence electrons. The second kappa shape index (κ2) is 5.34. The minimum Gasteiger partial charge on any atom is -0.299 e. The first kappa shape index (κ1) is 12.3. The van der Waals surface area contributed by atoms with Gasteiger partial charge in [-0.15, -0.1) is 0 Å². The lowest BCUT2D eigenvalue weighted by atomic mass is 10.1. The van der Waals surface area contributed by atoms with Crippen molar-refractivity contribution in [1.82, 2.24) is 4.98 Å². The van der Waals surface area contributed by atoms with Gasteiger partial charge >= 0.3 is 0 Å². The molecular formula is C11H14N2O3. The molecule has 0 spiro atoms. The fourth-order valence-corrected chi connectivity index (χ4v) is 1.42. The van der Waals surface area contributed by atoms with Gasteiger partial charge < -0.3 is 0 Å². The number of ketones is 1. The molecule has 0 aromatic carbocycles. The lowest BCUT2D eigenvalue weighted by molar-refractivity contribution is -0.385. The lowest BCUT2D eigenvalue weighted by Gasteiger charge is -2.01. The molecule has 1 aromatic heterocycles. The van der Waals surface area contributed by atoms with Gasteiger partial charge in [0.15, 0.2) is 0 Å². The molecular weight excluding hydrogens is 208 g/mol. The van der Waals surface area contributed by atoms with Crippen LogP contribution in [-0.2, 0) is 11.2 Å². The number of nitro groups is 1. The predicted molar refractivity (Wildman–Crippen MR) is 59.2 cm³/mol. The van der Waals surface area contributed by atoms with Gasteiger partial charge in [0, 0.05) is 30.7 Å². The van der Waals surface area contributed by atoms with E-state index in [9.17, 15) is 14.9 Å². The van der Waals surface area contributed by atoms with Crippen molar-refractivity contribution in [3.05, 3.63) is 33.6 Å². The monoisotopic (exact) mass is 222 g/mol. The Kier molecular flexibility index (Phi) is 4.10. The van der Waals surface area contributed by atoms with Crippen LogP contribution in [0.1, 0.15) is 31.0 Å². The van der Waals surface area contributed by atoms with Crippen LogP contribution >= 0.6 is 0 Å². The van der Waals surface area contributed by atoms with Crippen molar-refractivity contribution >= 4 is 11.5 Å². The summed E-state index contributed by atoms with van der Waals surface area (Å²) in [5.74, 6) is 0.0631. The van der Waals surface area contributed by atoms with E-state index in [4.69, 9.17) is 0 Å². The van der Waals surface area contributed by atoms with Crippen LogP contribution in [0.15, 0.2) is 12.3 Å². The van der Waals surface area contributed by atoms with Gasteiger partial charge in [-0.05, 0) is 13.3 Å². The van der Waals surface area contributed by atoms with Crippen molar-refractivity contribution in [3.63, 3.8) is 0 Å². The average Bonchev–Trinajstić information content (AvgIpc) is 2.21. The largest absolute Gasteiger partial charge is 0.299 e. The fraction of sp³-hybridized carbons (Fsp3) is 0.455. The maximum absolute atomic E-state index is 11.4. The molecule has 0 N–H and O–H groups in total. The highest BCUT2D eigenvalue weighted by Gasteiger charge is 2.13. The van der Waals surface area contributed by atoms with Gasteiger partial charge in [0.2, 0.25) is 0 Å². The van der Waals surface area contributed by atoms with Gasteiger partial charge in [-0.1, -0.05) is 6.92 Å². The van der Waals surface area contributed by atoms with Crippen LogP contribution in [0.25, 0.3) is 0 Å². The van der Waals surface area contributed by atoms with E-state index >= 15 is 0 Å². The Morgan fingerprint density at radius 3 is 2.81 bits per heavy atom. The first-order chi connectivity index (χ1) is 7.54. The Labute approximate surface area is 93.7 Å². The SMILES string of the molecule is CCCC(=O)Cc1cc([N+](=O)[O-])c(C)cn1. The highest BCUT2D eigenvalue weighted by Crippen LogP contribution is 2.17. The average molecular weight is 222 g/mol. The van der Waals surface area contributed by atoms with Crippen molar-refractivity contribution in [2.75, 3.05) is 0 Å². The van der Waals surface area contributed by atoms with Crippen molar-refractivity contribution in [2.24, 2.45) is 0 Å². The molecule has 0 bridgehead atoms. The third kappa shape index (κ3) is 3.12. The zero-order valence-corrected chi connectivity index (χ0v) is 9.40. The van der Waals surface area contributed by atoms with E-state index in [1.165, 1.54) is 12.3 Å². The number of hydrogen-bond donors (Lipinski definition) is 0. The zero-order valence-electron chi connectivity index (χ0n) is 9.40. The summed E-state index contributed by atoms with van der Waals surface area (Å²) in [6, 6.07) is 1.38. The molecule has 5 nitrogen and oxygen atoms in total. The third-order valence-corrected chi connectivity index (χ3v) is 2.24. The van der Waals surface area contributed by atoms with Gasteiger partial charge in [-0.2, -0.15) is 0 Å². The summed E-state index contributed by atoms with van der Waals surface area (Å²) in [5.41, 5.74) is 1.00. The Hall–Kier alpha value is -1.78. The number of rotatable bonds is 5. The van der Waals surface area contributed by atoms with E-state index in [0.717, 1.165) is 6.42 Å². The van der Waals surface area contributed by atoms with Crippen molar-refractivity contribution in [1.29, 1.82) is 0 Å². The number of aromatic nitrogens is 1. The zero-order chi connectivity index (χ0) is 12.1. The number of aryl methyl sites for hydroxylation is 1. The molecule has 0 aliphatic carbocycles. The summed E-state index contributed by atoms with van der Waals surface area (Å²) in [6.45, 7) is 3.55. The van der Waals surface area contributed by atoms with E-state index < -0.39 is 4.92 Å². The second-order valence-corrected chi connectivity index (χ2v) is 3.68. The molecule has 1 aromatic rings. The van der Waals surface area contributed by atoms with Crippen molar-refractivity contribution < 1.29 is 9.72 Å². The molecule has 5 heteroatoms. The Morgan fingerprint density at radius 2 is 2.25 bits per heavy atom. The molecule has 0 atom stereocenters. The number of Topliss-reactive ketones (excluding diaryl/α,β-unsaturated/α-hetero) is 1. The van der Waals surface area contributed by atoms with Crippen molar-refractivity contribution in [3.8, 4) is 0 Å². The molecule has 0 amide bonds. The molecule has 0 saturated heterocycles. The molecule has 0 unspecified atom stereocenters. The number of hydrogen-bond acceptors (Lipinski definition) is 4. The lowest BCUT2D eigenvalue weighted by Crippen LogP contribution is -2.05. The quantitative estimate of drug-likeness (QED) is 0.565. The fourth-order valence-electron chi connectivity index (χ4n) is 1.42. The normalized spacial score (nSPS) is 10.1. The predicted octanol–water partition coefficient (Wildman–Crippen LogP) is 2.21. The summed E-state index contributed by atoms with van der Waals surface area (Å²) in [7, 11) is 0. The number of nitrogens with zero attached hydrogens (tertiary/aromatic N) is 2. The minimum atomic E-state index is -0.454. The molecule has 1 heterocycles. The standard InChI is InChI=1S/C11H14N2O3/c1-3-4-10(14)5-9-6-11(13(15)16)8(2)7-12-9/h6-7H,3-5H2,1-2H3. The Morgan fingerprint density at radius 1 is 1.56 bits per heavy atom. The third-order valence-electron chi connectivity index (χ3n) is 2.24. The molecule has 1 rings (SSSR count). The highest BCUT2D eigenvalue weighted by atomic mass is 16.6. The minimum absolute atomic E-state index is 0.0225. The Bertz CT molecular complexity index is 416. The van der Waals surface area contributed by atoms with Crippen LogP contribution in [0.4, 0.5) is 5.69 Å².